The Morgan fingerprint density at radius 3 is 2.71 bits per heavy atom. The summed E-state index contributed by atoms with van der Waals surface area (Å²) >= 11 is 9.30. The fraction of sp³-hybridized carbons (Fsp3) is 0.0769. The van der Waals surface area contributed by atoms with Crippen LogP contribution in [-0.2, 0) is 6.61 Å². The Balaban J connectivity index is 2.07. The molecule has 0 spiro atoms. The molecule has 2 nitrogen and oxygen atoms in total. The van der Waals surface area contributed by atoms with Gasteiger partial charge in [-0.25, -0.2) is 0 Å². The number of benzene rings is 2. The monoisotopic (exact) mass is 311 g/mol. The van der Waals surface area contributed by atoms with Crippen LogP contribution in [0.1, 0.15) is 5.56 Å². The molecule has 0 heterocycles. The number of halogens is 2. The van der Waals surface area contributed by atoms with Crippen molar-refractivity contribution in [2.24, 2.45) is 0 Å². The largest absolute Gasteiger partial charge is 0.488 e. The Kier molecular flexibility index (Phi) is 3.92. The van der Waals surface area contributed by atoms with Gasteiger partial charge in [-0.2, -0.15) is 0 Å². The van der Waals surface area contributed by atoms with Gasteiger partial charge in [-0.3, -0.25) is 0 Å². The Bertz CT molecular complexity index is 531. The normalized spacial score (nSPS) is 10.2. The molecule has 88 valence electrons. The van der Waals surface area contributed by atoms with Crippen molar-refractivity contribution in [3.8, 4) is 5.75 Å². The zero-order valence-corrected chi connectivity index (χ0v) is 11.3. The van der Waals surface area contributed by atoms with Gasteiger partial charge >= 0.3 is 0 Å². The Morgan fingerprint density at radius 2 is 2.00 bits per heavy atom. The van der Waals surface area contributed by atoms with Crippen LogP contribution in [0, 0.1) is 0 Å². The van der Waals surface area contributed by atoms with E-state index in [2.05, 4.69) is 15.9 Å². The van der Waals surface area contributed by atoms with E-state index in [1.165, 1.54) is 0 Å². The van der Waals surface area contributed by atoms with Crippen molar-refractivity contribution in [1.29, 1.82) is 0 Å². The zero-order chi connectivity index (χ0) is 12.3. The summed E-state index contributed by atoms with van der Waals surface area (Å²) in [6.07, 6.45) is 0. The van der Waals surface area contributed by atoms with Crippen LogP contribution in [0.15, 0.2) is 46.9 Å². The summed E-state index contributed by atoms with van der Waals surface area (Å²) in [6, 6.07) is 13.0. The van der Waals surface area contributed by atoms with Crippen molar-refractivity contribution in [3.05, 3.63) is 57.5 Å². The number of hydrogen-bond acceptors (Lipinski definition) is 2. The summed E-state index contributed by atoms with van der Waals surface area (Å²) in [6.45, 7) is 0.475. The molecule has 17 heavy (non-hydrogen) atoms. The molecule has 0 aliphatic carbocycles. The quantitative estimate of drug-likeness (QED) is 0.859. The van der Waals surface area contributed by atoms with E-state index >= 15 is 0 Å². The highest BCUT2D eigenvalue weighted by Crippen LogP contribution is 2.27. The van der Waals surface area contributed by atoms with Crippen LogP contribution in [-0.4, -0.2) is 0 Å². The Morgan fingerprint density at radius 1 is 1.18 bits per heavy atom. The van der Waals surface area contributed by atoms with Gasteiger partial charge in [0.05, 0.1) is 4.47 Å². The number of nitrogens with two attached hydrogens (primary N) is 1. The maximum Gasteiger partial charge on any atom is 0.134 e. The van der Waals surface area contributed by atoms with Crippen LogP contribution in [0.4, 0.5) is 5.69 Å². The lowest BCUT2D eigenvalue weighted by atomic mass is 10.2. The highest BCUT2D eigenvalue weighted by Gasteiger charge is 2.02. The van der Waals surface area contributed by atoms with E-state index in [0.29, 0.717) is 17.3 Å². The highest BCUT2D eigenvalue weighted by atomic mass is 79.9. The molecule has 0 saturated carbocycles. The van der Waals surface area contributed by atoms with E-state index in [4.69, 9.17) is 22.1 Å². The molecule has 0 aliphatic heterocycles. The average molecular weight is 313 g/mol. The summed E-state index contributed by atoms with van der Waals surface area (Å²) in [4.78, 5) is 0. The van der Waals surface area contributed by atoms with Gasteiger partial charge in [-0.15, -0.1) is 0 Å². The highest BCUT2D eigenvalue weighted by molar-refractivity contribution is 9.10. The van der Waals surface area contributed by atoms with E-state index in [1.807, 2.05) is 36.4 Å². The van der Waals surface area contributed by atoms with E-state index < -0.39 is 0 Å². The van der Waals surface area contributed by atoms with E-state index in [-0.39, 0.29) is 0 Å². The van der Waals surface area contributed by atoms with E-state index in [9.17, 15) is 0 Å². The Labute approximate surface area is 113 Å². The molecule has 0 amide bonds. The van der Waals surface area contributed by atoms with Gasteiger partial charge in [-0.05, 0) is 51.8 Å². The van der Waals surface area contributed by atoms with Crippen LogP contribution in [0.2, 0.25) is 5.02 Å². The second kappa shape index (κ2) is 5.43. The summed E-state index contributed by atoms with van der Waals surface area (Å²) < 4.78 is 6.52. The summed E-state index contributed by atoms with van der Waals surface area (Å²) in [5, 5.41) is 0.711. The molecule has 2 N–H and O–H groups in total. The zero-order valence-electron chi connectivity index (χ0n) is 8.99. The predicted octanol–water partition coefficient (Wildman–Crippen LogP) is 4.26. The van der Waals surface area contributed by atoms with Crippen molar-refractivity contribution in [2.75, 3.05) is 5.73 Å². The number of rotatable bonds is 3. The standard InChI is InChI=1S/C13H11BrClNO/c14-12-7-11(16)4-5-13(12)17-8-9-2-1-3-10(15)6-9/h1-7H,8,16H2. The summed E-state index contributed by atoms with van der Waals surface area (Å²) in [5.74, 6) is 0.763. The van der Waals surface area contributed by atoms with Crippen LogP contribution in [0.5, 0.6) is 5.75 Å². The van der Waals surface area contributed by atoms with Crippen LogP contribution in [0.25, 0.3) is 0 Å². The summed E-state index contributed by atoms with van der Waals surface area (Å²) in [7, 11) is 0. The predicted molar refractivity (Wildman–Crippen MR) is 74.3 cm³/mol. The van der Waals surface area contributed by atoms with Crippen molar-refractivity contribution in [3.63, 3.8) is 0 Å². The minimum Gasteiger partial charge on any atom is -0.488 e. The number of anilines is 1. The maximum absolute atomic E-state index is 5.90. The SMILES string of the molecule is Nc1ccc(OCc2cccc(Cl)c2)c(Br)c1. The van der Waals surface area contributed by atoms with Gasteiger partial charge in [0.25, 0.3) is 0 Å². The smallest absolute Gasteiger partial charge is 0.134 e. The van der Waals surface area contributed by atoms with Crippen LogP contribution >= 0.6 is 27.5 Å². The van der Waals surface area contributed by atoms with Crippen molar-refractivity contribution in [2.45, 2.75) is 6.61 Å². The van der Waals surface area contributed by atoms with Gasteiger partial charge in [0.1, 0.15) is 12.4 Å². The number of hydrogen-bond donors (Lipinski definition) is 1. The van der Waals surface area contributed by atoms with Gasteiger partial charge in [0.15, 0.2) is 0 Å². The fourth-order valence-electron chi connectivity index (χ4n) is 1.42. The molecule has 0 saturated heterocycles. The lowest BCUT2D eigenvalue weighted by molar-refractivity contribution is 0.304. The minimum absolute atomic E-state index is 0.475. The van der Waals surface area contributed by atoms with Gasteiger partial charge in [-0.1, -0.05) is 23.7 Å². The van der Waals surface area contributed by atoms with Crippen LogP contribution < -0.4 is 10.5 Å². The van der Waals surface area contributed by atoms with Crippen molar-refractivity contribution in [1.82, 2.24) is 0 Å². The fourth-order valence-corrected chi connectivity index (χ4v) is 2.15. The molecule has 2 aromatic carbocycles. The molecule has 2 aromatic rings. The molecular weight excluding hydrogens is 302 g/mol. The number of nitrogen functional groups attached to an aromatic ring is 1. The summed E-state index contributed by atoms with van der Waals surface area (Å²) in [5.41, 5.74) is 7.38. The maximum atomic E-state index is 5.90. The average Bonchev–Trinajstić information content (AvgIpc) is 2.28. The lowest BCUT2D eigenvalue weighted by Gasteiger charge is -2.09. The molecule has 0 aromatic heterocycles. The van der Waals surface area contributed by atoms with Gasteiger partial charge in [0, 0.05) is 10.7 Å². The molecule has 0 bridgehead atoms. The van der Waals surface area contributed by atoms with Crippen LogP contribution in [0.3, 0.4) is 0 Å². The van der Waals surface area contributed by atoms with Gasteiger partial charge in [0.2, 0.25) is 0 Å². The minimum atomic E-state index is 0.475. The van der Waals surface area contributed by atoms with Gasteiger partial charge < -0.3 is 10.5 Å². The molecule has 0 unspecified atom stereocenters. The van der Waals surface area contributed by atoms with E-state index in [0.717, 1.165) is 15.8 Å². The molecule has 0 fully saturated rings. The first-order valence-corrected chi connectivity index (χ1v) is 6.24. The third-order valence-corrected chi connectivity index (χ3v) is 3.09. The molecule has 0 aliphatic rings. The topological polar surface area (TPSA) is 35.2 Å². The lowest BCUT2D eigenvalue weighted by Crippen LogP contribution is -1.96. The van der Waals surface area contributed by atoms with Crippen molar-refractivity contribution < 1.29 is 4.74 Å². The molecule has 0 radical (unpaired) electrons. The first-order chi connectivity index (χ1) is 8.15. The first kappa shape index (κ1) is 12.3. The first-order valence-electron chi connectivity index (χ1n) is 5.07. The number of ether oxygens (including phenoxy) is 1. The Hall–Kier alpha value is -1.19. The molecule has 0 atom stereocenters. The van der Waals surface area contributed by atoms with E-state index in [1.54, 1.807) is 6.07 Å². The second-order valence-corrected chi connectivity index (χ2v) is 4.90. The molecule has 4 heteroatoms. The molecule has 2 rings (SSSR count). The van der Waals surface area contributed by atoms with Crippen molar-refractivity contribution >= 4 is 33.2 Å². The second-order valence-electron chi connectivity index (χ2n) is 3.61. The third-order valence-electron chi connectivity index (χ3n) is 2.24. The third kappa shape index (κ3) is 3.38. The molecular formula is C13H11BrClNO.